The average molecular weight is 384 g/mol. The smallest absolute Gasteiger partial charge is 0.0620 e. The number of hydrogen-bond donors (Lipinski definition) is 1. The molecule has 6 aromatic rings. The molecule has 0 amide bonds. The Labute approximate surface area is 175 Å². The van der Waals surface area contributed by atoms with E-state index in [-0.39, 0.29) is 0 Å². The van der Waals surface area contributed by atoms with Crippen molar-refractivity contribution in [1.29, 1.82) is 0 Å². The highest BCUT2D eigenvalue weighted by atomic mass is 15.0. The van der Waals surface area contributed by atoms with Crippen LogP contribution in [0.25, 0.3) is 38.3 Å². The van der Waals surface area contributed by atoms with Crippen LogP contribution in [0.5, 0.6) is 0 Å². The number of hydrogen-bond acceptors (Lipinski definition) is 1. The van der Waals surface area contributed by atoms with Crippen molar-refractivity contribution in [2.24, 2.45) is 0 Å². The Bertz CT molecular complexity index is 1500. The summed E-state index contributed by atoms with van der Waals surface area (Å²) in [6.07, 6.45) is 0. The van der Waals surface area contributed by atoms with E-state index >= 15 is 0 Å². The number of benzene rings is 5. The van der Waals surface area contributed by atoms with Gasteiger partial charge in [0.2, 0.25) is 0 Å². The van der Waals surface area contributed by atoms with Crippen molar-refractivity contribution in [2.45, 2.75) is 0 Å². The van der Waals surface area contributed by atoms with Crippen LogP contribution in [0, 0.1) is 0 Å². The molecule has 0 aliphatic rings. The van der Waals surface area contributed by atoms with Gasteiger partial charge in [-0.3, -0.25) is 0 Å². The summed E-state index contributed by atoms with van der Waals surface area (Å²) < 4.78 is 2.39. The summed E-state index contributed by atoms with van der Waals surface area (Å²) in [4.78, 5) is 0. The van der Waals surface area contributed by atoms with Crippen molar-refractivity contribution >= 4 is 44.0 Å². The average Bonchev–Trinajstić information content (AvgIpc) is 3.16. The van der Waals surface area contributed by atoms with Gasteiger partial charge >= 0.3 is 0 Å². The molecule has 0 spiro atoms. The SMILES string of the molecule is c1ccc(Nc2cccc3c2c2ccc4ccccc4c2n3-c2ccccc2)cc1. The second kappa shape index (κ2) is 6.78. The first-order valence-electron chi connectivity index (χ1n) is 10.2. The van der Waals surface area contributed by atoms with Crippen LogP contribution in [0.1, 0.15) is 0 Å². The lowest BCUT2D eigenvalue weighted by Gasteiger charge is -2.10. The topological polar surface area (TPSA) is 17.0 Å². The summed E-state index contributed by atoms with van der Waals surface area (Å²) in [5.74, 6) is 0. The third-order valence-electron chi connectivity index (χ3n) is 5.74. The van der Waals surface area contributed by atoms with Crippen molar-refractivity contribution in [3.63, 3.8) is 0 Å². The van der Waals surface area contributed by atoms with E-state index < -0.39 is 0 Å². The number of rotatable bonds is 3. The Morgan fingerprint density at radius 3 is 2.10 bits per heavy atom. The Balaban J connectivity index is 1.76. The molecule has 0 atom stereocenters. The predicted molar refractivity (Wildman–Crippen MR) is 128 cm³/mol. The first-order valence-corrected chi connectivity index (χ1v) is 10.2. The van der Waals surface area contributed by atoms with Crippen LogP contribution in [-0.2, 0) is 0 Å². The van der Waals surface area contributed by atoms with Gasteiger partial charge in [0, 0.05) is 33.2 Å². The van der Waals surface area contributed by atoms with Crippen LogP contribution in [-0.4, -0.2) is 4.57 Å². The summed E-state index contributed by atoms with van der Waals surface area (Å²) in [6, 6.07) is 40.6. The van der Waals surface area contributed by atoms with Gasteiger partial charge in [-0.2, -0.15) is 0 Å². The van der Waals surface area contributed by atoms with Crippen LogP contribution in [0.15, 0.2) is 115 Å². The third-order valence-corrected chi connectivity index (χ3v) is 5.74. The second-order valence-corrected chi connectivity index (χ2v) is 7.54. The van der Waals surface area contributed by atoms with E-state index in [0.29, 0.717) is 0 Å². The molecule has 0 aliphatic carbocycles. The monoisotopic (exact) mass is 384 g/mol. The summed E-state index contributed by atoms with van der Waals surface area (Å²) in [5, 5.41) is 8.65. The summed E-state index contributed by atoms with van der Waals surface area (Å²) >= 11 is 0. The minimum absolute atomic E-state index is 1.09. The molecule has 0 fully saturated rings. The molecule has 0 unspecified atom stereocenters. The normalized spacial score (nSPS) is 11.3. The minimum atomic E-state index is 1.09. The molecule has 0 radical (unpaired) electrons. The van der Waals surface area contributed by atoms with Crippen molar-refractivity contribution in [1.82, 2.24) is 4.57 Å². The lowest BCUT2D eigenvalue weighted by Crippen LogP contribution is -1.94. The minimum Gasteiger partial charge on any atom is -0.355 e. The molecule has 6 rings (SSSR count). The van der Waals surface area contributed by atoms with Crippen LogP contribution >= 0.6 is 0 Å². The van der Waals surface area contributed by atoms with E-state index in [1.54, 1.807) is 0 Å². The molecular weight excluding hydrogens is 364 g/mol. The molecule has 5 aromatic carbocycles. The molecule has 1 heterocycles. The maximum atomic E-state index is 3.64. The Morgan fingerprint density at radius 2 is 1.27 bits per heavy atom. The van der Waals surface area contributed by atoms with E-state index in [0.717, 1.165) is 11.4 Å². The number of nitrogens with one attached hydrogen (secondary N) is 1. The van der Waals surface area contributed by atoms with Gasteiger partial charge < -0.3 is 9.88 Å². The molecule has 30 heavy (non-hydrogen) atoms. The largest absolute Gasteiger partial charge is 0.355 e. The van der Waals surface area contributed by atoms with Crippen LogP contribution in [0.3, 0.4) is 0 Å². The molecule has 1 N–H and O–H groups in total. The Hall–Kier alpha value is -4.04. The standard InChI is InChI=1S/C28H20N2/c1-3-11-21(12-4-1)29-25-16-9-17-26-27(25)24-19-18-20-10-7-8-15-23(20)28(24)30(26)22-13-5-2-6-14-22/h1-19,29H. The first-order chi connectivity index (χ1) is 14.9. The van der Waals surface area contributed by atoms with Crippen LogP contribution in [0.2, 0.25) is 0 Å². The number of aromatic nitrogens is 1. The molecule has 1 aromatic heterocycles. The molecule has 142 valence electrons. The molecule has 0 saturated carbocycles. The van der Waals surface area contributed by atoms with Gasteiger partial charge in [0.05, 0.1) is 11.0 Å². The third kappa shape index (κ3) is 2.58. The summed E-state index contributed by atoms with van der Waals surface area (Å²) in [7, 11) is 0. The van der Waals surface area contributed by atoms with Gasteiger partial charge in [-0.1, -0.05) is 78.9 Å². The van der Waals surface area contributed by atoms with E-state index in [9.17, 15) is 0 Å². The Morgan fingerprint density at radius 1 is 0.533 bits per heavy atom. The molecular formula is C28H20N2. The second-order valence-electron chi connectivity index (χ2n) is 7.54. The summed E-state index contributed by atoms with van der Waals surface area (Å²) in [5.41, 5.74) is 5.83. The zero-order valence-corrected chi connectivity index (χ0v) is 16.4. The molecule has 0 saturated heterocycles. The van der Waals surface area contributed by atoms with Gasteiger partial charge in [0.15, 0.2) is 0 Å². The fourth-order valence-electron chi connectivity index (χ4n) is 4.45. The van der Waals surface area contributed by atoms with Gasteiger partial charge in [-0.15, -0.1) is 0 Å². The first kappa shape index (κ1) is 16.9. The predicted octanol–water partition coefficient (Wildman–Crippen LogP) is 7.68. The van der Waals surface area contributed by atoms with E-state index in [4.69, 9.17) is 0 Å². The van der Waals surface area contributed by atoms with Crippen LogP contribution < -0.4 is 5.32 Å². The number of fused-ring (bicyclic) bond motifs is 5. The quantitative estimate of drug-likeness (QED) is 0.331. The summed E-state index contributed by atoms with van der Waals surface area (Å²) in [6.45, 7) is 0. The van der Waals surface area contributed by atoms with Gasteiger partial charge in [0.1, 0.15) is 0 Å². The highest BCUT2D eigenvalue weighted by Crippen LogP contribution is 2.40. The van der Waals surface area contributed by atoms with Crippen molar-refractivity contribution in [2.75, 3.05) is 5.32 Å². The van der Waals surface area contributed by atoms with E-state index in [1.807, 2.05) is 6.07 Å². The fourth-order valence-corrected chi connectivity index (χ4v) is 4.45. The van der Waals surface area contributed by atoms with Crippen LogP contribution in [0.4, 0.5) is 11.4 Å². The molecule has 0 aliphatic heterocycles. The molecule has 0 bridgehead atoms. The zero-order chi connectivity index (χ0) is 19.9. The maximum absolute atomic E-state index is 3.64. The highest BCUT2D eigenvalue weighted by Gasteiger charge is 2.17. The zero-order valence-electron chi connectivity index (χ0n) is 16.4. The number of nitrogens with zero attached hydrogens (tertiary/aromatic N) is 1. The number of para-hydroxylation sites is 2. The van der Waals surface area contributed by atoms with Gasteiger partial charge in [-0.25, -0.2) is 0 Å². The lowest BCUT2D eigenvalue weighted by atomic mass is 10.0. The lowest BCUT2D eigenvalue weighted by molar-refractivity contribution is 1.19. The van der Waals surface area contributed by atoms with Gasteiger partial charge in [-0.05, 0) is 41.8 Å². The molecule has 2 nitrogen and oxygen atoms in total. The van der Waals surface area contributed by atoms with Gasteiger partial charge in [0.25, 0.3) is 0 Å². The Kier molecular flexibility index (Phi) is 3.82. The van der Waals surface area contributed by atoms with Crippen molar-refractivity contribution < 1.29 is 0 Å². The van der Waals surface area contributed by atoms with Crippen molar-refractivity contribution in [3.05, 3.63) is 115 Å². The van der Waals surface area contributed by atoms with Crippen molar-refractivity contribution in [3.8, 4) is 5.69 Å². The maximum Gasteiger partial charge on any atom is 0.0620 e. The molecule has 2 heteroatoms. The number of anilines is 2. The fraction of sp³-hybridized carbons (Fsp3) is 0. The van der Waals surface area contributed by atoms with E-state index in [2.05, 4.69) is 119 Å². The highest BCUT2D eigenvalue weighted by molar-refractivity contribution is 6.22. The van der Waals surface area contributed by atoms with E-state index in [1.165, 1.54) is 38.3 Å².